The van der Waals surface area contributed by atoms with Gasteiger partial charge in [0.2, 0.25) is 5.95 Å². The molecule has 1 aromatic carbocycles. The maximum absolute atomic E-state index is 11.8. The summed E-state index contributed by atoms with van der Waals surface area (Å²) in [6.07, 6.45) is 0. The Morgan fingerprint density at radius 1 is 1.44 bits per heavy atom. The number of nitrogens with zero attached hydrogens (tertiary/aromatic N) is 2. The van der Waals surface area contributed by atoms with Gasteiger partial charge in [0.15, 0.2) is 0 Å². The van der Waals surface area contributed by atoms with Gasteiger partial charge in [-0.1, -0.05) is 15.9 Å². The quantitative estimate of drug-likeness (QED) is 0.907. The molecule has 0 spiro atoms. The van der Waals surface area contributed by atoms with Crippen LogP contribution >= 0.6 is 15.9 Å². The molecule has 0 atom stereocenters. The number of aromatic nitrogens is 3. The van der Waals surface area contributed by atoms with Crippen molar-refractivity contribution in [2.45, 2.75) is 6.92 Å². The van der Waals surface area contributed by atoms with Gasteiger partial charge in [-0.25, -0.2) is 5.10 Å². The van der Waals surface area contributed by atoms with Crippen molar-refractivity contribution in [3.63, 3.8) is 0 Å². The highest BCUT2D eigenvalue weighted by atomic mass is 79.9. The largest absolute Gasteiger partial charge is 0.463 e. The van der Waals surface area contributed by atoms with E-state index in [0.29, 0.717) is 12.2 Å². The van der Waals surface area contributed by atoms with Crippen LogP contribution in [0.15, 0.2) is 28.7 Å². The van der Waals surface area contributed by atoms with Crippen molar-refractivity contribution in [3.8, 4) is 6.01 Å². The lowest BCUT2D eigenvalue weighted by molar-refractivity contribution is 0.102. The molecule has 2 aromatic rings. The number of halogens is 1. The molecule has 7 heteroatoms. The minimum Gasteiger partial charge on any atom is -0.463 e. The van der Waals surface area contributed by atoms with Gasteiger partial charge in [0, 0.05) is 10.0 Å². The molecule has 1 amide bonds. The van der Waals surface area contributed by atoms with Gasteiger partial charge in [-0.2, -0.15) is 4.98 Å². The van der Waals surface area contributed by atoms with Gasteiger partial charge in [0.25, 0.3) is 5.91 Å². The van der Waals surface area contributed by atoms with Crippen LogP contribution in [-0.4, -0.2) is 27.7 Å². The normalized spacial score (nSPS) is 10.1. The number of hydrogen-bond acceptors (Lipinski definition) is 4. The number of H-pyrrole nitrogens is 1. The van der Waals surface area contributed by atoms with Crippen molar-refractivity contribution in [3.05, 3.63) is 34.3 Å². The van der Waals surface area contributed by atoms with E-state index in [1.807, 2.05) is 6.92 Å². The fourth-order valence-corrected chi connectivity index (χ4v) is 1.54. The van der Waals surface area contributed by atoms with Crippen LogP contribution < -0.4 is 10.1 Å². The smallest absolute Gasteiger partial charge is 0.337 e. The van der Waals surface area contributed by atoms with Crippen molar-refractivity contribution in [1.82, 2.24) is 15.2 Å². The van der Waals surface area contributed by atoms with Crippen molar-refractivity contribution < 1.29 is 9.53 Å². The number of carbonyl (C=O) groups excluding carboxylic acids is 1. The molecule has 0 bridgehead atoms. The van der Waals surface area contributed by atoms with E-state index < -0.39 is 0 Å². The van der Waals surface area contributed by atoms with Crippen LogP contribution in [-0.2, 0) is 0 Å². The molecule has 0 aliphatic carbocycles. The fraction of sp³-hybridized carbons (Fsp3) is 0.182. The molecule has 1 aromatic heterocycles. The Hall–Kier alpha value is -1.89. The SMILES string of the molecule is CCOc1n[nH]c(NC(=O)c2ccc(Br)cc2)n1. The molecule has 0 aliphatic heterocycles. The van der Waals surface area contributed by atoms with Crippen LogP contribution in [0.1, 0.15) is 17.3 Å². The number of nitrogens with one attached hydrogen (secondary N) is 2. The second-order valence-electron chi connectivity index (χ2n) is 3.36. The number of rotatable bonds is 4. The molecule has 2 rings (SSSR count). The zero-order chi connectivity index (χ0) is 13.0. The number of ether oxygens (including phenoxy) is 1. The van der Waals surface area contributed by atoms with Crippen molar-refractivity contribution >= 4 is 27.8 Å². The van der Waals surface area contributed by atoms with Crippen LogP contribution in [0, 0.1) is 0 Å². The first-order valence-electron chi connectivity index (χ1n) is 5.31. The minimum atomic E-state index is -0.262. The Kier molecular flexibility index (Phi) is 3.93. The summed E-state index contributed by atoms with van der Waals surface area (Å²) >= 11 is 3.31. The molecule has 94 valence electrons. The van der Waals surface area contributed by atoms with Crippen LogP contribution in [0.3, 0.4) is 0 Å². The van der Waals surface area contributed by atoms with Gasteiger partial charge in [-0.05, 0) is 31.2 Å². The second-order valence-corrected chi connectivity index (χ2v) is 4.28. The molecule has 0 saturated carbocycles. The Labute approximate surface area is 112 Å². The maximum Gasteiger partial charge on any atom is 0.337 e. The first-order chi connectivity index (χ1) is 8.69. The number of amides is 1. The molecule has 0 unspecified atom stereocenters. The average molecular weight is 311 g/mol. The van der Waals surface area contributed by atoms with Gasteiger partial charge in [-0.3, -0.25) is 10.1 Å². The van der Waals surface area contributed by atoms with E-state index in [0.717, 1.165) is 4.47 Å². The maximum atomic E-state index is 11.8. The first kappa shape index (κ1) is 12.6. The highest BCUT2D eigenvalue weighted by Gasteiger charge is 2.09. The highest BCUT2D eigenvalue weighted by molar-refractivity contribution is 9.10. The molecule has 6 nitrogen and oxygen atoms in total. The van der Waals surface area contributed by atoms with Crippen LogP contribution in [0.25, 0.3) is 0 Å². The average Bonchev–Trinajstić information content (AvgIpc) is 2.78. The molecule has 2 N–H and O–H groups in total. The molecule has 18 heavy (non-hydrogen) atoms. The molecule has 0 aliphatic rings. The molecule has 0 fully saturated rings. The van der Waals surface area contributed by atoms with Gasteiger partial charge >= 0.3 is 6.01 Å². The summed E-state index contributed by atoms with van der Waals surface area (Å²) < 4.78 is 5.99. The monoisotopic (exact) mass is 310 g/mol. The lowest BCUT2D eigenvalue weighted by Crippen LogP contribution is -2.12. The van der Waals surface area contributed by atoms with Crippen LogP contribution in [0.4, 0.5) is 5.95 Å². The number of hydrogen-bond donors (Lipinski definition) is 2. The zero-order valence-electron chi connectivity index (χ0n) is 9.61. The van der Waals surface area contributed by atoms with Gasteiger partial charge in [-0.15, -0.1) is 5.10 Å². The Morgan fingerprint density at radius 3 is 2.83 bits per heavy atom. The third-order valence-corrected chi connectivity index (χ3v) is 2.61. The summed E-state index contributed by atoms with van der Waals surface area (Å²) in [4.78, 5) is 15.8. The van der Waals surface area contributed by atoms with Crippen LogP contribution in [0.2, 0.25) is 0 Å². The Balaban J connectivity index is 2.04. The third-order valence-electron chi connectivity index (χ3n) is 2.08. The predicted molar refractivity (Wildman–Crippen MR) is 69.6 cm³/mol. The molecule has 0 radical (unpaired) electrons. The van der Waals surface area contributed by atoms with E-state index >= 15 is 0 Å². The number of aromatic amines is 1. The number of carbonyl (C=O) groups is 1. The molecular formula is C11H11BrN4O2. The summed E-state index contributed by atoms with van der Waals surface area (Å²) in [5.41, 5.74) is 0.535. The molecule has 1 heterocycles. The van der Waals surface area contributed by atoms with Crippen LogP contribution in [0.5, 0.6) is 6.01 Å². The van der Waals surface area contributed by atoms with E-state index in [2.05, 4.69) is 36.4 Å². The fourth-order valence-electron chi connectivity index (χ4n) is 1.28. The second kappa shape index (κ2) is 5.63. The van der Waals surface area contributed by atoms with E-state index in [-0.39, 0.29) is 17.9 Å². The standard InChI is InChI=1S/C11H11BrN4O2/c1-2-18-11-14-10(15-16-11)13-9(17)7-3-5-8(12)6-4-7/h3-6H,2H2,1H3,(H2,13,14,15,16,17). The summed E-state index contributed by atoms with van der Waals surface area (Å²) in [5, 5.41) is 8.95. The van der Waals surface area contributed by atoms with E-state index in [1.165, 1.54) is 0 Å². The van der Waals surface area contributed by atoms with Gasteiger partial charge in [0.05, 0.1) is 6.61 Å². The van der Waals surface area contributed by atoms with Gasteiger partial charge < -0.3 is 4.74 Å². The molecule has 0 saturated heterocycles. The summed E-state index contributed by atoms with van der Waals surface area (Å²) in [6, 6.07) is 7.21. The highest BCUT2D eigenvalue weighted by Crippen LogP contribution is 2.12. The van der Waals surface area contributed by atoms with E-state index in [9.17, 15) is 4.79 Å². The predicted octanol–water partition coefficient (Wildman–Crippen LogP) is 2.22. The van der Waals surface area contributed by atoms with Gasteiger partial charge in [0.1, 0.15) is 0 Å². The minimum absolute atomic E-state index is 0.212. The number of benzene rings is 1. The topological polar surface area (TPSA) is 79.9 Å². The lowest BCUT2D eigenvalue weighted by atomic mass is 10.2. The summed E-state index contributed by atoms with van der Waals surface area (Å²) in [7, 11) is 0. The zero-order valence-corrected chi connectivity index (χ0v) is 11.2. The van der Waals surface area contributed by atoms with E-state index in [4.69, 9.17) is 4.74 Å². The van der Waals surface area contributed by atoms with E-state index in [1.54, 1.807) is 24.3 Å². The Bertz CT molecular complexity index is 538. The van der Waals surface area contributed by atoms with Crippen molar-refractivity contribution in [2.75, 3.05) is 11.9 Å². The number of anilines is 1. The summed E-state index contributed by atoms with van der Waals surface area (Å²) in [6.45, 7) is 2.30. The first-order valence-corrected chi connectivity index (χ1v) is 6.10. The van der Waals surface area contributed by atoms with Crippen molar-refractivity contribution in [1.29, 1.82) is 0 Å². The molecular weight excluding hydrogens is 300 g/mol. The Morgan fingerprint density at radius 2 is 2.17 bits per heavy atom. The summed E-state index contributed by atoms with van der Waals surface area (Å²) in [5.74, 6) is -0.00642. The van der Waals surface area contributed by atoms with Crippen molar-refractivity contribution in [2.24, 2.45) is 0 Å². The lowest BCUT2D eigenvalue weighted by Gasteiger charge is -2.01. The third kappa shape index (κ3) is 3.07.